The van der Waals surface area contributed by atoms with E-state index in [4.69, 9.17) is 9.84 Å². The van der Waals surface area contributed by atoms with Gasteiger partial charge in [-0.05, 0) is 26.8 Å². The number of aromatic nitrogens is 1. The minimum absolute atomic E-state index is 0.00897. The number of hydrogen-bond donors (Lipinski definition) is 1. The molecular formula is C15H24N2O3. The summed E-state index contributed by atoms with van der Waals surface area (Å²) in [5.74, 6) is 0.149. The number of Topliss-reactive ketones (excluding diaryl/α,β-unsaturated/α-hetero) is 1. The van der Waals surface area contributed by atoms with Gasteiger partial charge in [-0.2, -0.15) is 0 Å². The first-order valence-electron chi connectivity index (χ1n) is 7.21. The maximum atomic E-state index is 12.5. The van der Waals surface area contributed by atoms with Gasteiger partial charge in [0.1, 0.15) is 0 Å². The largest absolute Gasteiger partial charge is 0.394 e. The van der Waals surface area contributed by atoms with Gasteiger partial charge in [0.25, 0.3) is 0 Å². The van der Waals surface area contributed by atoms with E-state index in [-0.39, 0.29) is 18.5 Å². The average Bonchev–Trinajstić information content (AvgIpc) is 2.73. The summed E-state index contributed by atoms with van der Waals surface area (Å²) in [7, 11) is 0. The Morgan fingerprint density at radius 3 is 2.85 bits per heavy atom. The van der Waals surface area contributed by atoms with Gasteiger partial charge >= 0.3 is 0 Å². The fourth-order valence-electron chi connectivity index (χ4n) is 2.89. The van der Waals surface area contributed by atoms with Crippen molar-refractivity contribution < 1.29 is 14.6 Å². The van der Waals surface area contributed by atoms with Crippen LogP contribution in [0.1, 0.15) is 28.7 Å². The molecule has 1 aliphatic heterocycles. The Hall–Kier alpha value is -1.17. The number of ketones is 1. The Morgan fingerprint density at radius 2 is 2.25 bits per heavy atom. The molecular weight excluding hydrogens is 256 g/mol. The number of morpholine rings is 1. The van der Waals surface area contributed by atoms with Gasteiger partial charge in [-0.3, -0.25) is 9.69 Å². The molecule has 20 heavy (non-hydrogen) atoms. The van der Waals surface area contributed by atoms with Gasteiger partial charge in [-0.15, -0.1) is 0 Å². The van der Waals surface area contributed by atoms with Gasteiger partial charge in [0.2, 0.25) is 0 Å². The summed E-state index contributed by atoms with van der Waals surface area (Å²) in [4.78, 5) is 14.5. The summed E-state index contributed by atoms with van der Waals surface area (Å²) in [6, 6.07) is 1.98. The number of carbonyl (C=O) groups excluding carboxylic acids is 1. The van der Waals surface area contributed by atoms with Gasteiger partial charge < -0.3 is 14.4 Å². The molecule has 0 aromatic carbocycles. The third-order valence-corrected chi connectivity index (χ3v) is 3.98. The summed E-state index contributed by atoms with van der Waals surface area (Å²) in [5, 5.41) is 9.14. The summed E-state index contributed by atoms with van der Waals surface area (Å²) < 4.78 is 7.56. The molecule has 1 aromatic rings. The van der Waals surface area contributed by atoms with Crippen molar-refractivity contribution in [1.29, 1.82) is 0 Å². The van der Waals surface area contributed by atoms with E-state index in [1.807, 2.05) is 19.9 Å². The van der Waals surface area contributed by atoms with Crippen LogP contribution in [0, 0.1) is 13.8 Å². The smallest absolute Gasteiger partial charge is 0.178 e. The standard InChI is InChI=1S/C15H24N2O3/c1-4-17-11(2)7-14(12(17)3)15(19)9-16-5-6-20-13(8-16)10-18/h7,13,18H,4-6,8-10H2,1-3H3. The van der Waals surface area contributed by atoms with Crippen LogP contribution in [0.15, 0.2) is 6.07 Å². The molecule has 5 nitrogen and oxygen atoms in total. The van der Waals surface area contributed by atoms with E-state index in [9.17, 15) is 4.79 Å². The Morgan fingerprint density at radius 1 is 1.50 bits per heavy atom. The van der Waals surface area contributed by atoms with Crippen molar-refractivity contribution >= 4 is 5.78 Å². The van der Waals surface area contributed by atoms with Crippen molar-refractivity contribution in [2.75, 3.05) is 32.8 Å². The van der Waals surface area contributed by atoms with E-state index in [0.29, 0.717) is 19.7 Å². The van der Waals surface area contributed by atoms with Crippen LogP contribution in [0.3, 0.4) is 0 Å². The molecule has 0 bridgehead atoms. The van der Waals surface area contributed by atoms with Crippen LogP contribution in [-0.4, -0.2) is 59.3 Å². The molecule has 0 radical (unpaired) electrons. The highest BCUT2D eigenvalue weighted by Gasteiger charge is 2.23. The Bertz CT molecular complexity index is 482. The Balaban J connectivity index is 2.05. The molecule has 0 aliphatic carbocycles. The number of carbonyl (C=O) groups is 1. The van der Waals surface area contributed by atoms with Crippen molar-refractivity contribution in [1.82, 2.24) is 9.47 Å². The number of ether oxygens (including phenoxy) is 1. The minimum Gasteiger partial charge on any atom is -0.394 e. The van der Waals surface area contributed by atoms with E-state index in [2.05, 4.69) is 16.4 Å². The van der Waals surface area contributed by atoms with Crippen molar-refractivity contribution in [2.45, 2.75) is 33.4 Å². The lowest BCUT2D eigenvalue weighted by Gasteiger charge is -2.31. The van der Waals surface area contributed by atoms with E-state index < -0.39 is 0 Å². The summed E-state index contributed by atoms with van der Waals surface area (Å²) >= 11 is 0. The molecule has 0 spiro atoms. The second-order valence-corrected chi connectivity index (χ2v) is 5.36. The third-order valence-electron chi connectivity index (χ3n) is 3.98. The van der Waals surface area contributed by atoms with Crippen LogP contribution >= 0.6 is 0 Å². The molecule has 1 saturated heterocycles. The molecule has 1 aliphatic rings. The van der Waals surface area contributed by atoms with Crippen LogP contribution in [0.4, 0.5) is 0 Å². The van der Waals surface area contributed by atoms with Crippen molar-refractivity contribution in [3.05, 3.63) is 23.0 Å². The maximum Gasteiger partial charge on any atom is 0.178 e. The molecule has 1 N–H and O–H groups in total. The van der Waals surface area contributed by atoms with E-state index >= 15 is 0 Å². The number of nitrogens with zero attached hydrogens (tertiary/aromatic N) is 2. The molecule has 5 heteroatoms. The molecule has 2 rings (SSSR count). The maximum absolute atomic E-state index is 12.5. The number of rotatable bonds is 5. The first-order chi connectivity index (χ1) is 9.56. The molecule has 2 heterocycles. The van der Waals surface area contributed by atoms with Crippen molar-refractivity contribution in [3.8, 4) is 0 Å². The van der Waals surface area contributed by atoms with Crippen LogP contribution in [-0.2, 0) is 11.3 Å². The van der Waals surface area contributed by atoms with E-state index in [1.165, 1.54) is 0 Å². The number of aryl methyl sites for hydroxylation is 1. The van der Waals surface area contributed by atoms with Crippen LogP contribution in [0.5, 0.6) is 0 Å². The molecule has 1 fully saturated rings. The predicted octanol–water partition coefficient (Wildman–Crippen LogP) is 1.00. The average molecular weight is 280 g/mol. The molecule has 1 unspecified atom stereocenters. The molecule has 0 saturated carbocycles. The number of aliphatic hydroxyl groups excluding tert-OH is 1. The fraction of sp³-hybridized carbons (Fsp3) is 0.667. The predicted molar refractivity (Wildman–Crippen MR) is 77.2 cm³/mol. The van der Waals surface area contributed by atoms with Crippen LogP contribution in [0.25, 0.3) is 0 Å². The second-order valence-electron chi connectivity index (χ2n) is 5.36. The fourth-order valence-corrected chi connectivity index (χ4v) is 2.89. The lowest BCUT2D eigenvalue weighted by Crippen LogP contribution is -2.46. The van der Waals surface area contributed by atoms with Gasteiger partial charge in [0.05, 0.1) is 25.9 Å². The van der Waals surface area contributed by atoms with E-state index in [0.717, 1.165) is 30.0 Å². The van der Waals surface area contributed by atoms with Gasteiger partial charge in [-0.1, -0.05) is 0 Å². The lowest BCUT2D eigenvalue weighted by atomic mass is 10.1. The molecule has 1 atom stereocenters. The quantitative estimate of drug-likeness (QED) is 0.818. The topological polar surface area (TPSA) is 54.7 Å². The second kappa shape index (κ2) is 6.52. The summed E-state index contributed by atoms with van der Waals surface area (Å²) in [5.41, 5.74) is 2.99. The summed E-state index contributed by atoms with van der Waals surface area (Å²) in [6.45, 7) is 9.35. The van der Waals surface area contributed by atoms with E-state index in [1.54, 1.807) is 0 Å². The SMILES string of the molecule is CCn1c(C)cc(C(=O)CN2CCOC(CO)C2)c1C. The van der Waals surface area contributed by atoms with Crippen molar-refractivity contribution in [3.63, 3.8) is 0 Å². The highest BCUT2D eigenvalue weighted by Crippen LogP contribution is 2.16. The summed E-state index contributed by atoms with van der Waals surface area (Å²) in [6.07, 6.45) is -0.167. The zero-order valence-electron chi connectivity index (χ0n) is 12.6. The highest BCUT2D eigenvalue weighted by atomic mass is 16.5. The van der Waals surface area contributed by atoms with Crippen LogP contribution in [0.2, 0.25) is 0 Å². The lowest BCUT2D eigenvalue weighted by molar-refractivity contribution is -0.0503. The van der Waals surface area contributed by atoms with Gasteiger partial charge in [-0.25, -0.2) is 0 Å². The number of aliphatic hydroxyl groups is 1. The number of hydrogen-bond acceptors (Lipinski definition) is 4. The highest BCUT2D eigenvalue weighted by molar-refractivity contribution is 5.99. The first-order valence-corrected chi connectivity index (χ1v) is 7.21. The monoisotopic (exact) mass is 280 g/mol. The molecule has 112 valence electrons. The minimum atomic E-state index is -0.167. The third kappa shape index (κ3) is 3.11. The zero-order valence-corrected chi connectivity index (χ0v) is 12.6. The Labute approximate surface area is 120 Å². The van der Waals surface area contributed by atoms with Crippen molar-refractivity contribution in [2.24, 2.45) is 0 Å². The zero-order chi connectivity index (χ0) is 14.7. The normalized spacial score (nSPS) is 20.3. The molecule has 0 amide bonds. The van der Waals surface area contributed by atoms with Crippen LogP contribution < -0.4 is 0 Å². The molecule has 1 aromatic heterocycles. The van der Waals surface area contributed by atoms with Gasteiger partial charge in [0, 0.05) is 36.6 Å². The Kier molecular flexibility index (Phi) is 4.96. The first kappa shape index (κ1) is 15.2. The van der Waals surface area contributed by atoms with Gasteiger partial charge in [0.15, 0.2) is 5.78 Å².